The first-order chi connectivity index (χ1) is 13.8. The lowest BCUT2D eigenvalue weighted by atomic mass is 9.93. The van der Waals surface area contributed by atoms with Crippen molar-refractivity contribution in [3.8, 4) is 11.5 Å². The highest BCUT2D eigenvalue weighted by Gasteiger charge is 2.40. The van der Waals surface area contributed by atoms with Gasteiger partial charge in [0.25, 0.3) is 0 Å². The van der Waals surface area contributed by atoms with Crippen molar-refractivity contribution in [2.75, 3.05) is 0 Å². The van der Waals surface area contributed by atoms with Gasteiger partial charge in [0, 0.05) is 4.48 Å². The van der Waals surface area contributed by atoms with E-state index in [1.165, 1.54) is 12.1 Å². The van der Waals surface area contributed by atoms with Crippen molar-refractivity contribution in [1.29, 1.82) is 0 Å². The summed E-state index contributed by atoms with van der Waals surface area (Å²) in [5.41, 5.74) is -0.517. The maximum absolute atomic E-state index is 12.3. The van der Waals surface area contributed by atoms with Crippen molar-refractivity contribution in [3.05, 3.63) is 82.9 Å². The van der Waals surface area contributed by atoms with Crippen LogP contribution < -0.4 is 9.47 Å². The van der Waals surface area contributed by atoms with Gasteiger partial charge in [0.05, 0.1) is 6.61 Å². The first-order valence-corrected chi connectivity index (χ1v) is 9.32. The van der Waals surface area contributed by atoms with Gasteiger partial charge >= 0.3 is 6.36 Å². The van der Waals surface area contributed by atoms with E-state index in [1.807, 2.05) is 30.3 Å². The van der Waals surface area contributed by atoms with Gasteiger partial charge in [-0.1, -0.05) is 46.3 Å². The largest absolute Gasteiger partial charge is 0.573 e. The molecule has 1 aliphatic rings. The number of ether oxygens (including phenoxy) is 3. The molecule has 2 aromatic carbocycles. The molecule has 0 spiro atoms. The molecule has 0 N–H and O–H groups in total. The lowest BCUT2D eigenvalue weighted by Gasteiger charge is -2.34. The number of rotatable bonds is 7. The predicted molar refractivity (Wildman–Crippen MR) is 104 cm³/mol. The van der Waals surface area contributed by atoms with Crippen molar-refractivity contribution in [1.82, 2.24) is 0 Å². The number of allylic oxidation sites excluding steroid dienone is 2. The van der Waals surface area contributed by atoms with Gasteiger partial charge in [0.15, 0.2) is 18.0 Å². The molecule has 0 radical (unpaired) electrons. The zero-order valence-electron chi connectivity index (χ0n) is 14.9. The zero-order chi connectivity index (χ0) is 20.9. The second-order valence-electron chi connectivity index (χ2n) is 6.19. The van der Waals surface area contributed by atoms with Crippen LogP contribution in [0, 0.1) is 0 Å². The van der Waals surface area contributed by atoms with Gasteiger partial charge in [0.2, 0.25) is 0 Å². The van der Waals surface area contributed by atoms with Crippen LogP contribution in [-0.4, -0.2) is 24.4 Å². The van der Waals surface area contributed by atoms with E-state index in [0.29, 0.717) is 10.8 Å². The van der Waals surface area contributed by atoms with Gasteiger partial charge in [-0.3, -0.25) is 4.79 Å². The summed E-state index contributed by atoms with van der Waals surface area (Å²) < 4.78 is 53.2. The third kappa shape index (κ3) is 5.71. The molecule has 2 atom stereocenters. The van der Waals surface area contributed by atoms with Crippen molar-refractivity contribution in [3.63, 3.8) is 0 Å². The summed E-state index contributed by atoms with van der Waals surface area (Å²) in [6.07, 6.45) is -0.0498. The standard InChI is InChI=1S/C21H16BrF3O4/c22-16-10-11-20(14-26,27-13-15-4-2-1-3-5-15)19(12-16)28-17-6-8-18(9-7-17)29-21(23,24)25/h1-12,14,19H,13H2. The number of alkyl halides is 3. The Hall–Kier alpha value is -2.58. The molecule has 0 saturated heterocycles. The van der Waals surface area contributed by atoms with Gasteiger partial charge in [-0.15, -0.1) is 13.2 Å². The molecule has 4 nitrogen and oxygen atoms in total. The van der Waals surface area contributed by atoms with Crippen molar-refractivity contribution >= 4 is 22.2 Å². The summed E-state index contributed by atoms with van der Waals surface area (Å²) in [6.45, 7) is 0.174. The van der Waals surface area contributed by atoms with E-state index in [0.717, 1.165) is 17.7 Å². The molecule has 0 aliphatic heterocycles. The first kappa shape index (κ1) is 21.1. The van der Waals surface area contributed by atoms with Gasteiger partial charge in [-0.2, -0.15) is 0 Å². The third-order valence-electron chi connectivity index (χ3n) is 4.09. The SMILES string of the molecule is O=CC1(OCc2ccccc2)C=CC(Br)=CC1Oc1ccc(OC(F)(F)F)cc1. The summed E-state index contributed by atoms with van der Waals surface area (Å²) in [6, 6.07) is 14.2. The van der Waals surface area contributed by atoms with Crippen LogP contribution in [0.15, 0.2) is 77.3 Å². The number of carbonyl (C=O) groups is 1. The molecule has 2 unspecified atom stereocenters. The van der Waals surface area contributed by atoms with Gasteiger partial charge in [0.1, 0.15) is 11.5 Å². The van der Waals surface area contributed by atoms with Gasteiger partial charge < -0.3 is 14.2 Å². The van der Waals surface area contributed by atoms with Crippen LogP contribution in [0.5, 0.6) is 11.5 Å². The molecule has 0 saturated carbocycles. The fourth-order valence-corrected chi connectivity index (χ4v) is 3.05. The van der Waals surface area contributed by atoms with Crippen LogP contribution in [0.1, 0.15) is 5.56 Å². The van der Waals surface area contributed by atoms with Gasteiger partial charge in [-0.05, 0) is 48.1 Å². The Morgan fingerprint density at radius 2 is 1.69 bits per heavy atom. The topological polar surface area (TPSA) is 44.8 Å². The molecule has 1 aliphatic carbocycles. The van der Waals surface area contributed by atoms with E-state index in [-0.39, 0.29) is 18.1 Å². The zero-order valence-corrected chi connectivity index (χ0v) is 16.5. The average Bonchev–Trinajstić information content (AvgIpc) is 2.69. The maximum Gasteiger partial charge on any atom is 0.573 e. The Bertz CT molecular complexity index is 894. The molecular formula is C21H16BrF3O4. The molecule has 0 amide bonds. The summed E-state index contributed by atoms with van der Waals surface area (Å²) >= 11 is 3.34. The molecule has 8 heteroatoms. The molecule has 0 heterocycles. The number of hydrogen-bond acceptors (Lipinski definition) is 4. The van der Waals surface area contributed by atoms with Crippen LogP contribution in [0.3, 0.4) is 0 Å². The predicted octanol–water partition coefficient (Wildman–Crippen LogP) is 5.34. The van der Waals surface area contributed by atoms with Crippen LogP contribution >= 0.6 is 15.9 Å². The van der Waals surface area contributed by atoms with E-state index in [2.05, 4.69) is 20.7 Å². The highest BCUT2D eigenvalue weighted by molar-refractivity contribution is 9.11. The van der Waals surface area contributed by atoms with Crippen LogP contribution in [0.25, 0.3) is 0 Å². The molecular weight excluding hydrogens is 453 g/mol. The molecule has 0 aromatic heterocycles. The van der Waals surface area contributed by atoms with E-state index < -0.39 is 18.1 Å². The average molecular weight is 469 g/mol. The minimum absolute atomic E-state index is 0.174. The molecule has 29 heavy (non-hydrogen) atoms. The number of halogens is 4. The van der Waals surface area contributed by atoms with E-state index in [9.17, 15) is 18.0 Å². The number of aldehydes is 1. The fraction of sp³-hybridized carbons (Fsp3) is 0.190. The summed E-state index contributed by atoms with van der Waals surface area (Å²) in [4.78, 5) is 12.0. The Morgan fingerprint density at radius 3 is 2.31 bits per heavy atom. The Morgan fingerprint density at radius 1 is 1.03 bits per heavy atom. The van der Waals surface area contributed by atoms with Crippen molar-refractivity contribution in [2.45, 2.75) is 24.7 Å². The van der Waals surface area contributed by atoms with Crippen LogP contribution in [0.4, 0.5) is 13.2 Å². The number of carbonyl (C=O) groups excluding carboxylic acids is 1. The third-order valence-corrected chi connectivity index (χ3v) is 4.62. The smallest absolute Gasteiger partial charge is 0.482 e. The molecule has 0 bridgehead atoms. The maximum atomic E-state index is 12.3. The lowest BCUT2D eigenvalue weighted by Crippen LogP contribution is -2.48. The second kappa shape index (κ2) is 8.84. The highest BCUT2D eigenvalue weighted by Crippen LogP contribution is 2.32. The van der Waals surface area contributed by atoms with E-state index in [4.69, 9.17) is 9.47 Å². The quantitative estimate of drug-likeness (QED) is 0.514. The number of benzene rings is 2. The monoisotopic (exact) mass is 468 g/mol. The minimum Gasteiger partial charge on any atom is -0.482 e. The summed E-state index contributed by atoms with van der Waals surface area (Å²) in [7, 11) is 0. The van der Waals surface area contributed by atoms with E-state index in [1.54, 1.807) is 18.2 Å². The van der Waals surface area contributed by atoms with Crippen molar-refractivity contribution < 1.29 is 32.2 Å². The number of hydrogen-bond donors (Lipinski definition) is 0. The van der Waals surface area contributed by atoms with Gasteiger partial charge in [-0.25, -0.2) is 0 Å². The second-order valence-corrected chi connectivity index (χ2v) is 7.10. The molecule has 0 fully saturated rings. The van der Waals surface area contributed by atoms with E-state index >= 15 is 0 Å². The molecule has 2 aromatic rings. The molecule has 152 valence electrons. The minimum atomic E-state index is -4.78. The van der Waals surface area contributed by atoms with Crippen LogP contribution in [0.2, 0.25) is 0 Å². The lowest BCUT2D eigenvalue weighted by molar-refractivity contribution is -0.274. The normalized spacial score (nSPS) is 21.4. The Labute approximate surface area is 173 Å². The fourth-order valence-electron chi connectivity index (χ4n) is 2.68. The Kier molecular flexibility index (Phi) is 6.44. The Balaban J connectivity index is 1.77. The summed E-state index contributed by atoms with van der Waals surface area (Å²) in [5.74, 6) is -0.113. The molecule has 3 rings (SSSR count). The first-order valence-electron chi connectivity index (χ1n) is 8.53. The summed E-state index contributed by atoms with van der Waals surface area (Å²) in [5, 5.41) is 0. The highest BCUT2D eigenvalue weighted by atomic mass is 79.9. The van der Waals surface area contributed by atoms with Crippen LogP contribution in [-0.2, 0) is 16.1 Å². The van der Waals surface area contributed by atoms with Crippen molar-refractivity contribution in [2.24, 2.45) is 0 Å².